The molecule has 0 unspecified atom stereocenters. The molecule has 1 saturated heterocycles. The summed E-state index contributed by atoms with van der Waals surface area (Å²) >= 11 is 1.19. The second kappa shape index (κ2) is 6.78. The van der Waals surface area contributed by atoms with E-state index in [1.54, 1.807) is 17.9 Å². The first-order valence-electron chi connectivity index (χ1n) is 7.93. The summed E-state index contributed by atoms with van der Waals surface area (Å²) in [6.45, 7) is 4.85. The fourth-order valence-electron chi connectivity index (χ4n) is 2.85. The fraction of sp³-hybridized carbons (Fsp3) is 0.353. The van der Waals surface area contributed by atoms with E-state index < -0.39 is 10.0 Å². The highest BCUT2D eigenvalue weighted by Crippen LogP contribution is 2.25. The van der Waals surface area contributed by atoms with Gasteiger partial charge in [-0.3, -0.25) is 4.79 Å². The van der Waals surface area contributed by atoms with E-state index >= 15 is 0 Å². The van der Waals surface area contributed by atoms with Gasteiger partial charge >= 0.3 is 0 Å². The molecule has 1 N–H and O–H groups in total. The maximum absolute atomic E-state index is 12.9. The van der Waals surface area contributed by atoms with E-state index in [0.717, 1.165) is 11.1 Å². The summed E-state index contributed by atoms with van der Waals surface area (Å²) < 4.78 is 27.2. The predicted octanol–water partition coefficient (Wildman–Crippen LogP) is 2.22. The molecule has 2 aromatic rings. The molecule has 0 aliphatic carbocycles. The van der Waals surface area contributed by atoms with Gasteiger partial charge in [-0.05, 0) is 31.0 Å². The standard InChI is InChI=1S/C17H20N2O4S2/c1-12-3-4-13(2)16(9-12)25(22,23)19-7-5-18(6-8-19)17(21)15-10-14(20)11-24-15/h3-4,9-11,20H,5-8H2,1-2H3. The van der Waals surface area contributed by atoms with Crippen LogP contribution in [0.4, 0.5) is 0 Å². The maximum Gasteiger partial charge on any atom is 0.264 e. The number of sulfonamides is 1. The number of carbonyl (C=O) groups is 1. The minimum Gasteiger partial charge on any atom is -0.507 e. The summed E-state index contributed by atoms with van der Waals surface area (Å²) in [6, 6.07) is 6.83. The van der Waals surface area contributed by atoms with Crippen LogP contribution >= 0.6 is 11.3 Å². The van der Waals surface area contributed by atoms with Crippen molar-refractivity contribution in [1.82, 2.24) is 9.21 Å². The number of amides is 1. The first-order valence-corrected chi connectivity index (χ1v) is 10.2. The molecule has 1 fully saturated rings. The quantitative estimate of drug-likeness (QED) is 0.886. The molecule has 3 rings (SSSR count). The molecule has 8 heteroatoms. The van der Waals surface area contributed by atoms with Gasteiger partial charge in [0.15, 0.2) is 0 Å². The van der Waals surface area contributed by atoms with Crippen LogP contribution in [0.5, 0.6) is 5.75 Å². The van der Waals surface area contributed by atoms with Crippen LogP contribution in [0.2, 0.25) is 0 Å². The summed E-state index contributed by atoms with van der Waals surface area (Å²) in [5.41, 5.74) is 1.62. The Kier molecular flexibility index (Phi) is 4.86. The average molecular weight is 380 g/mol. The highest BCUT2D eigenvalue weighted by molar-refractivity contribution is 7.89. The van der Waals surface area contributed by atoms with Crippen LogP contribution in [-0.4, -0.2) is 54.8 Å². The van der Waals surface area contributed by atoms with Crippen molar-refractivity contribution in [3.05, 3.63) is 45.6 Å². The van der Waals surface area contributed by atoms with Crippen molar-refractivity contribution in [2.75, 3.05) is 26.2 Å². The highest BCUT2D eigenvalue weighted by Gasteiger charge is 2.31. The number of aromatic hydroxyl groups is 1. The fourth-order valence-corrected chi connectivity index (χ4v) is 5.32. The molecule has 2 heterocycles. The van der Waals surface area contributed by atoms with Crippen LogP contribution in [0, 0.1) is 13.8 Å². The molecule has 1 aliphatic rings. The summed E-state index contributed by atoms with van der Waals surface area (Å²) in [5, 5.41) is 10.9. The molecule has 134 valence electrons. The van der Waals surface area contributed by atoms with Crippen molar-refractivity contribution in [2.45, 2.75) is 18.7 Å². The topological polar surface area (TPSA) is 77.9 Å². The Morgan fingerprint density at radius 1 is 1.12 bits per heavy atom. The molecule has 0 bridgehead atoms. The number of rotatable bonds is 3. The number of piperazine rings is 1. The number of nitrogens with zero attached hydrogens (tertiary/aromatic N) is 2. The van der Waals surface area contributed by atoms with Gasteiger partial charge in [-0.2, -0.15) is 4.31 Å². The van der Waals surface area contributed by atoms with Gasteiger partial charge < -0.3 is 10.0 Å². The largest absolute Gasteiger partial charge is 0.507 e. The summed E-state index contributed by atoms with van der Waals surface area (Å²) in [7, 11) is -3.57. The lowest BCUT2D eigenvalue weighted by Crippen LogP contribution is -2.50. The molecular formula is C17H20N2O4S2. The zero-order chi connectivity index (χ0) is 18.2. The Morgan fingerprint density at radius 2 is 1.80 bits per heavy atom. The monoisotopic (exact) mass is 380 g/mol. The van der Waals surface area contributed by atoms with Gasteiger partial charge in [-0.25, -0.2) is 8.42 Å². The van der Waals surface area contributed by atoms with Gasteiger partial charge in [0.2, 0.25) is 10.0 Å². The average Bonchev–Trinajstić information content (AvgIpc) is 3.03. The number of carbonyl (C=O) groups excluding carboxylic acids is 1. The molecule has 1 aliphatic heterocycles. The normalized spacial score (nSPS) is 16.2. The molecule has 0 radical (unpaired) electrons. The number of benzene rings is 1. The van der Waals surface area contributed by atoms with Gasteiger partial charge in [-0.15, -0.1) is 11.3 Å². The van der Waals surface area contributed by atoms with E-state index in [1.165, 1.54) is 27.1 Å². The Morgan fingerprint density at radius 3 is 2.40 bits per heavy atom. The third kappa shape index (κ3) is 3.56. The minimum absolute atomic E-state index is 0.0736. The Balaban J connectivity index is 1.73. The molecule has 0 atom stereocenters. The molecule has 0 saturated carbocycles. The van der Waals surface area contributed by atoms with E-state index in [4.69, 9.17) is 0 Å². The highest BCUT2D eigenvalue weighted by atomic mass is 32.2. The molecule has 1 amide bonds. The Hall–Kier alpha value is -1.90. The van der Waals surface area contributed by atoms with Crippen LogP contribution in [0.15, 0.2) is 34.5 Å². The number of thiophene rings is 1. The zero-order valence-electron chi connectivity index (χ0n) is 14.1. The number of hydrogen-bond donors (Lipinski definition) is 1. The van der Waals surface area contributed by atoms with Gasteiger partial charge in [-0.1, -0.05) is 12.1 Å². The molecule has 6 nitrogen and oxygen atoms in total. The van der Waals surface area contributed by atoms with E-state index in [0.29, 0.717) is 22.9 Å². The molecule has 1 aromatic carbocycles. The smallest absolute Gasteiger partial charge is 0.264 e. The molecule has 0 spiro atoms. The summed E-state index contributed by atoms with van der Waals surface area (Å²) in [6.07, 6.45) is 0. The van der Waals surface area contributed by atoms with E-state index in [1.807, 2.05) is 19.1 Å². The van der Waals surface area contributed by atoms with Crippen LogP contribution in [0.1, 0.15) is 20.8 Å². The van der Waals surface area contributed by atoms with Crippen molar-refractivity contribution in [3.8, 4) is 5.75 Å². The van der Waals surface area contributed by atoms with Crippen molar-refractivity contribution in [2.24, 2.45) is 0 Å². The van der Waals surface area contributed by atoms with E-state index in [2.05, 4.69) is 0 Å². The maximum atomic E-state index is 12.9. The summed E-state index contributed by atoms with van der Waals surface area (Å²) in [4.78, 5) is 14.8. The van der Waals surface area contributed by atoms with Crippen LogP contribution < -0.4 is 0 Å². The summed E-state index contributed by atoms with van der Waals surface area (Å²) in [5.74, 6) is -0.0985. The van der Waals surface area contributed by atoms with Gasteiger partial charge in [0.1, 0.15) is 5.75 Å². The van der Waals surface area contributed by atoms with Crippen molar-refractivity contribution >= 4 is 27.3 Å². The van der Waals surface area contributed by atoms with Crippen LogP contribution in [-0.2, 0) is 10.0 Å². The number of hydrogen-bond acceptors (Lipinski definition) is 5. The SMILES string of the molecule is Cc1ccc(C)c(S(=O)(=O)N2CCN(C(=O)c3cc(O)cs3)CC2)c1. The first-order chi connectivity index (χ1) is 11.8. The third-order valence-corrected chi connectivity index (χ3v) is 7.23. The number of aryl methyl sites for hydroxylation is 2. The predicted molar refractivity (Wildman–Crippen MR) is 96.6 cm³/mol. The van der Waals surface area contributed by atoms with Crippen LogP contribution in [0.3, 0.4) is 0 Å². The lowest BCUT2D eigenvalue weighted by Gasteiger charge is -2.34. The lowest BCUT2D eigenvalue weighted by atomic mass is 10.2. The minimum atomic E-state index is -3.57. The third-order valence-electron chi connectivity index (χ3n) is 4.28. The van der Waals surface area contributed by atoms with E-state index in [9.17, 15) is 18.3 Å². The molecule has 1 aromatic heterocycles. The van der Waals surface area contributed by atoms with Gasteiger partial charge in [0, 0.05) is 37.6 Å². The van der Waals surface area contributed by atoms with Crippen LogP contribution in [0.25, 0.3) is 0 Å². The lowest BCUT2D eigenvalue weighted by molar-refractivity contribution is 0.0702. The van der Waals surface area contributed by atoms with Crippen molar-refractivity contribution in [1.29, 1.82) is 0 Å². The Labute approximate surface area is 151 Å². The first kappa shape index (κ1) is 17.9. The second-order valence-electron chi connectivity index (χ2n) is 6.13. The molecular weight excluding hydrogens is 360 g/mol. The van der Waals surface area contributed by atoms with Gasteiger partial charge in [0.05, 0.1) is 9.77 Å². The van der Waals surface area contributed by atoms with E-state index in [-0.39, 0.29) is 24.7 Å². The Bertz CT molecular complexity index is 897. The second-order valence-corrected chi connectivity index (χ2v) is 8.95. The van der Waals surface area contributed by atoms with Gasteiger partial charge in [0.25, 0.3) is 5.91 Å². The zero-order valence-corrected chi connectivity index (χ0v) is 15.7. The van der Waals surface area contributed by atoms with Crippen molar-refractivity contribution < 1.29 is 18.3 Å². The van der Waals surface area contributed by atoms with Crippen molar-refractivity contribution in [3.63, 3.8) is 0 Å². The molecule has 25 heavy (non-hydrogen) atoms.